The monoisotopic (exact) mass is 296 g/mol. The third kappa shape index (κ3) is 6.55. The lowest BCUT2D eigenvalue weighted by molar-refractivity contribution is -0.386. The molecule has 0 amide bonds. The maximum atomic E-state index is 11.1. The summed E-state index contributed by atoms with van der Waals surface area (Å²) in [6, 6.07) is 4.99. The van der Waals surface area contributed by atoms with Crippen LogP contribution in [0.3, 0.4) is 0 Å². The number of nitro benzene ring substituents is 1. The number of rotatable bonds is 10. The number of nitrogens with one attached hydrogen (secondary N) is 1. The number of benzene rings is 1. The summed E-state index contributed by atoms with van der Waals surface area (Å²) in [6.45, 7) is 6.28. The molecule has 0 fully saturated rings. The maximum Gasteiger partial charge on any atom is 0.311 e. The van der Waals surface area contributed by atoms with Gasteiger partial charge in [-0.3, -0.25) is 10.1 Å². The van der Waals surface area contributed by atoms with E-state index in [1.54, 1.807) is 13.1 Å². The van der Waals surface area contributed by atoms with Crippen LogP contribution in [0.2, 0.25) is 0 Å². The van der Waals surface area contributed by atoms with E-state index < -0.39 is 4.92 Å². The van der Waals surface area contributed by atoms with Crippen molar-refractivity contribution in [2.24, 2.45) is 5.92 Å². The van der Waals surface area contributed by atoms with Crippen LogP contribution in [0.25, 0.3) is 0 Å². The summed E-state index contributed by atoms with van der Waals surface area (Å²) in [5, 5.41) is 14.0. The topological polar surface area (TPSA) is 73.6 Å². The summed E-state index contributed by atoms with van der Waals surface area (Å²) in [6.07, 6.45) is 0.999. The molecule has 1 rings (SSSR count). The fourth-order valence-electron chi connectivity index (χ4n) is 1.77. The molecule has 118 valence electrons. The van der Waals surface area contributed by atoms with Crippen LogP contribution in [0.4, 0.5) is 5.69 Å². The van der Waals surface area contributed by atoms with Gasteiger partial charge in [0.1, 0.15) is 6.61 Å². The minimum atomic E-state index is -0.423. The van der Waals surface area contributed by atoms with Crippen LogP contribution in [0.15, 0.2) is 18.2 Å². The second-order valence-electron chi connectivity index (χ2n) is 5.23. The normalized spacial score (nSPS) is 10.9. The van der Waals surface area contributed by atoms with Gasteiger partial charge in [0.2, 0.25) is 0 Å². The lowest BCUT2D eigenvalue weighted by Crippen LogP contribution is -2.10. The molecule has 1 N–H and O–H groups in total. The Kier molecular flexibility index (Phi) is 7.71. The Morgan fingerprint density at radius 2 is 2.05 bits per heavy atom. The second kappa shape index (κ2) is 9.31. The Balaban J connectivity index is 2.48. The zero-order chi connectivity index (χ0) is 15.7. The van der Waals surface area contributed by atoms with Crippen molar-refractivity contribution in [1.82, 2.24) is 5.32 Å². The fourth-order valence-corrected chi connectivity index (χ4v) is 1.77. The van der Waals surface area contributed by atoms with Crippen LogP contribution in [0.1, 0.15) is 25.8 Å². The zero-order valence-corrected chi connectivity index (χ0v) is 12.9. The van der Waals surface area contributed by atoms with Crippen LogP contribution >= 0.6 is 0 Å². The summed E-state index contributed by atoms with van der Waals surface area (Å²) in [4.78, 5) is 10.6. The molecular formula is C15H24N2O4. The van der Waals surface area contributed by atoms with Gasteiger partial charge in [-0.1, -0.05) is 19.9 Å². The molecule has 0 aliphatic rings. The third-order valence-corrected chi connectivity index (χ3v) is 2.93. The molecule has 0 aliphatic heterocycles. The van der Waals surface area contributed by atoms with Crippen LogP contribution in [0, 0.1) is 16.0 Å². The Bertz CT molecular complexity index is 449. The van der Waals surface area contributed by atoms with Crippen molar-refractivity contribution in [3.63, 3.8) is 0 Å². The Morgan fingerprint density at radius 3 is 2.67 bits per heavy atom. The quantitative estimate of drug-likeness (QED) is 0.408. The molecule has 6 nitrogen and oxygen atoms in total. The highest BCUT2D eigenvalue weighted by Gasteiger charge is 2.15. The lowest BCUT2D eigenvalue weighted by Gasteiger charge is -2.09. The molecule has 1 aromatic carbocycles. The predicted octanol–water partition coefficient (Wildman–Crippen LogP) is 2.76. The van der Waals surface area contributed by atoms with Gasteiger partial charge in [0.15, 0.2) is 5.75 Å². The minimum Gasteiger partial charge on any atom is -0.484 e. The van der Waals surface area contributed by atoms with Gasteiger partial charge in [-0.25, -0.2) is 0 Å². The molecule has 0 bridgehead atoms. The van der Waals surface area contributed by atoms with Crippen molar-refractivity contribution in [3.8, 4) is 5.75 Å². The average molecular weight is 296 g/mol. The van der Waals surface area contributed by atoms with Gasteiger partial charge in [-0.2, -0.15) is 0 Å². The Morgan fingerprint density at radius 1 is 1.29 bits per heavy atom. The first-order chi connectivity index (χ1) is 10.0. The first-order valence-electron chi connectivity index (χ1n) is 7.17. The molecular weight excluding hydrogens is 272 g/mol. The van der Waals surface area contributed by atoms with Crippen molar-refractivity contribution in [2.75, 3.05) is 26.9 Å². The van der Waals surface area contributed by atoms with Crippen LogP contribution in [-0.2, 0) is 11.3 Å². The van der Waals surface area contributed by atoms with Gasteiger partial charge >= 0.3 is 5.69 Å². The van der Waals surface area contributed by atoms with E-state index in [0.717, 1.165) is 12.0 Å². The molecule has 0 atom stereocenters. The number of hydrogen-bond acceptors (Lipinski definition) is 5. The van der Waals surface area contributed by atoms with Gasteiger partial charge in [-0.15, -0.1) is 0 Å². The second-order valence-corrected chi connectivity index (χ2v) is 5.23. The third-order valence-electron chi connectivity index (χ3n) is 2.93. The maximum absolute atomic E-state index is 11.1. The lowest BCUT2D eigenvalue weighted by atomic mass is 10.1. The number of hydrogen-bond donors (Lipinski definition) is 1. The van der Waals surface area contributed by atoms with Crippen molar-refractivity contribution >= 4 is 5.69 Å². The summed E-state index contributed by atoms with van der Waals surface area (Å²) in [7, 11) is 1.80. The summed E-state index contributed by atoms with van der Waals surface area (Å²) < 4.78 is 10.9. The highest BCUT2D eigenvalue weighted by molar-refractivity contribution is 5.48. The van der Waals surface area contributed by atoms with Gasteiger partial charge < -0.3 is 14.8 Å². The van der Waals surface area contributed by atoms with E-state index in [-0.39, 0.29) is 11.4 Å². The number of nitro groups is 1. The van der Waals surface area contributed by atoms with E-state index in [4.69, 9.17) is 9.47 Å². The Hall–Kier alpha value is -1.66. The zero-order valence-electron chi connectivity index (χ0n) is 12.9. The molecule has 0 spiro atoms. The first kappa shape index (κ1) is 17.4. The molecule has 0 saturated heterocycles. The van der Waals surface area contributed by atoms with E-state index in [1.165, 1.54) is 6.07 Å². The number of nitrogens with zero attached hydrogens (tertiary/aromatic N) is 1. The van der Waals surface area contributed by atoms with E-state index >= 15 is 0 Å². The minimum absolute atomic E-state index is 0.00932. The fraction of sp³-hybridized carbons (Fsp3) is 0.600. The van der Waals surface area contributed by atoms with Crippen LogP contribution in [-0.4, -0.2) is 31.8 Å². The standard InChI is InChI=1S/C15H24N2O4/c1-12(2)6-7-20-8-9-21-15-5-4-13(11-16-3)10-14(15)17(18)19/h4-5,10,12,16H,6-9,11H2,1-3H3. The van der Waals surface area contributed by atoms with Crippen molar-refractivity contribution < 1.29 is 14.4 Å². The molecule has 6 heteroatoms. The number of ether oxygens (including phenoxy) is 2. The SMILES string of the molecule is CNCc1ccc(OCCOCCC(C)C)c([N+](=O)[O-])c1. The van der Waals surface area contributed by atoms with Gasteiger partial charge in [0.25, 0.3) is 0 Å². The molecule has 0 aliphatic carbocycles. The molecule has 21 heavy (non-hydrogen) atoms. The largest absolute Gasteiger partial charge is 0.484 e. The van der Waals surface area contributed by atoms with Gasteiger partial charge in [-0.05, 0) is 31.0 Å². The van der Waals surface area contributed by atoms with E-state index in [2.05, 4.69) is 19.2 Å². The summed E-state index contributed by atoms with van der Waals surface area (Å²) in [5.74, 6) is 0.888. The highest BCUT2D eigenvalue weighted by Crippen LogP contribution is 2.27. The molecule has 0 saturated carbocycles. The molecule has 0 radical (unpaired) electrons. The average Bonchev–Trinajstić information content (AvgIpc) is 2.43. The van der Waals surface area contributed by atoms with E-state index in [1.807, 2.05) is 6.07 Å². The molecule has 0 aromatic heterocycles. The molecule has 0 heterocycles. The van der Waals surface area contributed by atoms with Crippen LogP contribution < -0.4 is 10.1 Å². The van der Waals surface area contributed by atoms with Crippen molar-refractivity contribution in [3.05, 3.63) is 33.9 Å². The van der Waals surface area contributed by atoms with E-state index in [9.17, 15) is 10.1 Å². The smallest absolute Gasteiger partial charge is 0.311 e. The Labute approximate surface area is 125 Å². The molecule has 0 unspecified atom stereocenters. The van der Waals surface area contributed by atoms with Crippen molar-refractivity contribution in [2.45, 2.75) is 26.8 Å². The summed E-state index contributed by atoms with van der Waals surface area (Å²) in [5.41, 5.74) is 0.842. The molecule has 1 aromatic rings. The van der Waals surface area contributed by atoms with Gasteiger partial charge in [0.05, 0.1) is 11.5 Å². The van der Waals surface area contributed by atoms with Crippen molar-refractivity contribution in [1.29, 1.82) is 0 Å². The first-order valence-corrected chi connectivity index (χ1v) is 7.17. The highest BCUT2D eigenvalue weighted by atomic mass is 16.6. The summed E-state index contributed by atoms with van der Waals surface area (Å²) >= 11 is 0. The van der Waals surface area contributed by atoms with Crippen LogP contribution in [0.5, 0.6) is 5.75 Å². The van der Waals surface area contributed by atoms with Gasteiger partial charge in [0, 0.05) is 19.2 Å². The predicted molar refractivity (Wildman–Crippen MR) is 81.6 cm³/mol. The van der Waals surface area contributed by atoms with E-state index in [0.29, 0.717) is 32.3 Å².